The van der Waals surface area contributed by atoms with Gasteiger partial charge < -0.3 is 15.6 Å². The van der Waals surface area contributed by atoms with Crippen LogP contribution in [-0.4, -0.2) is 47.7 Å². The number of piperidine rings is 1. The maximum absolute atomic E-state index is 13.2. The predicted molar refractivity (Wildman–Crippen MR) is 125 cm³/mol. The quantitative estimate of drug-likeness (QED) is 0.515. The Morgan fingerprint density at radius 1 is 1.26 bits per heavy atom. The molecule has 8 nitrogen and oxygen atoms in total. The van der Waals surface area contributed by atoms with E-state index >= 15 is 0 Å². The Kier molecular flexibility index (Phi) is 6.59. The summed E-state index contributed by atoms with van der Waals surface area (Å²) in [6, 6.07) is 8.55. The SMILES string of the molecule is Cc1c(S(=O)(=O)N2CCC(C(F)F)CC2)cc(C(=O)NCc2ccc(N)c3ncccc23)n1C. The molecule has 0 aliphatic carbocycles. The Balaban J connectivity index is 1.53. The zero-order valence-electron chi connectivity index (χ0n) is 19.0. The van der Waals surface area contributed by atoms with Crippen molar-refractivity contribution in [2.24, 2.45) is 13.0 Å². The number of halogens is 2. The molecule has 1 aromatic carbocycles. The minimum atomic E-state index is -3.91. The highest BCUT2D eigenvalue weighted by Gasteiger charge is 2.35. The molecule has 1 aliphatic rings. The first-order valence-electron chi connectivity index (χ1n) is 11.0. The summed E-state index contributed by atoms with van der Waals surface area (Å²) in [5, 5.41) is 3.66. The Morgan fingerprint density at radius 2 is 1.97 bits per heavy atom. The van der Waals surface area contributed by atoms with Crippen LogP contribution in [0.4, 0.5) is 14.5 Å². The Bertz CT molecular complexity index is 1330. The average Bonchev–Trinajstić information content (AvgIpc) is 3.14. The minimum Gasteiger partial charge on any atom is -0.397 e. The first kappa shape index (κ1) is 24.1. The van der Waals surface area contributed by atoms with Crippen molar-refractivity contribution in [3.05, 3.63) is 53.5 Å². The van der Waals surface area contributed by atoms with E-state index < -0.39 is 28.3 Å². The van der Waals surface area contributed by atoms with E-state index in [0.29, 0.717) is 16.9 Å². The van der Waals surface area contributed by atoms with Crippen molar-refractivity contribution >= 4 is 32.5 Å². The number of anilines is 1. The molecule has 1 amide bonds. The van der Waals surface area contributed by atoms with E-state index in [9.17, 15) is 22.0 Å². The number of alkyl halides is 2. The highest BCUT2D eigenvalue weighted by molar-refractivity contribution is 7.89. The number of sulfonamides is 1. The van der Waals surface area contributed by atoms with Gasteiger partial charge in [-0.25, -0.2) is 17.2 Å². The lowest BCUT2D eigenvalue weighted by Gasteiger charge is -2.30. The van der Waals surface area contributed by atoms with E-state index in [2.05, 4.69) is 10.3 Å². The summed E-state index contributed by atoms with van der Waals surface area (Å²) in [6.45, 7) is 1.89. The molecule has 3 heterocycles. The van der Waals surface area contributed by atoms with Crippen molar-refractivity contribution in [3.8, 4) is 0 Å². The number of carbonyl (C=O) groups is 1. The van der Waals surface area contributed by atoms with Crippen LogP contribution in [0.3, 0.4) is 0 Å². The molecule has 3 aromatic rings. The molecule has 1 saturated heterocycles. The summed E-state index contributed by atoms with van der Waals surface area (Å²) in [5.74, 6) is -1.22. The van der Waals surface area contributed by atoms with Crippen LogP contribution in [0, 0.1) is 12.8 Å². The normalized spacial score (nSPS) is 15.8. The second-order valence-electron chi connectivity index (χ2n) is 8.51. The number of rotatable bonds is 6. The maximum atomic E-state index is 13.2. The molecular weight excluding hydrogens is 464 g/mol. The number of pyridine rings is 1. The number of hydrogen-bond acceptors (Lipinski definition) is 5. The van der Waals surface area contributed by atoms with Crippen molar-refractivity contribution in [2.45, 2.75) is 37.6 Å². The molecule has 11 heteroatoms. The lowest BCUT2D eigenvalue weighted by molar-refractivity contribution is 0.0490. The van der Waals surface area contributed by atoms with E-state index in [0.717, 1.165) is 10.9 Å². The lowest BCUT2D eigenvalue weighted by Crippen LogP contribution is -2.40. The highest BCUT2D eigenvalue weighted by atomic mass is 32.2. The Hall–Kier alpha value is -3.05. The molecule has 4 rings (SSSR count). The predicted octanol–water partition coefficient (Wildman–Crippen LogP) is 3.06. The molecule has 34 heavy (non-hydrogen) atoms. The molecule has 0 radical (unpaired) electrons. The summed E-state index contributed by atoms with van der Waals surface area (Å²) in [6.07, 6.45) is -0.583. The molecule has 0 spiro atoms. The van der Waals surface area contributed by atoms with Crippen LogP contribution < -0.4 is 11.1 Å². The topological polar surface area (TPSA) is 110 Å². The third-order valence-electron chi connectivity index (χ3n) is 6.52. The van der Waals surface area contributed by atoms with Gasteiger partial charge in [-0.3, -0.25) is 9.78 Å². The van der Waals surface area contributed by atoms with Gasteiger partial charge in [0.05, 0.1) is 11.2 Å². The van der Waals surface area contributed by atoms with Gasteiger partial charge >= 0.3 is 0 Å². The van der Waals surface area contributed by atoms with E-state index in [1.807, 2.05) is 12.1 Å². The second-order valence-corrected chi connectivity index (χ2v) is 10.4. The third-order valence-corrected chi connectivity index (χ3v) is 8.54. The zero-order valence-corrected chi connectivity index (χ0v) is 19.8. The van der Waals surface area contributed by atoms with Gasteiger partial charge in [-0.2, -0.15) is 4.31 Å². The fourth-order valence-electron chi connectivity index (χ4n) is 4.33. The molecule has 0 bridgehead atoms. The fraction of sp³-hybridized carbons (Fsp3) is 0.391. The van der Waals surface area contributed by atoms with Crippen molar-refractivity contribution in [2.75, 3.05) is 18.8 Å². The first-order valence-corrected chi connectivity index (χ1v) is 12.4. The number of fused-ring (bicyclic) bond motifs is 1. The number of amides is 1. The Labute approximate surface area is 196 Å². The van der Waals surface area contributed by atoms with Gasteiger partial charge in [0, 0.05) is 49.9 Å². The number of nitrogens with two attached hydrogens (primary N) is 1. The molecule has 0 unspecified atom stereocenters. The van der Waals surface area contributed by atoms with E-state index in [1.54, 1.807) is 32.3 Å². The molecule has 182 valence electrons. The van der Waals surface area contributed by atoms with E-state index in [1.165, 1.54) is 14.9 Å². The van der Waals surface area contributed by atoms with Crippen molar-refractivity contribution in [1.29, 1.82) is 0 Å². The van der Waals surface area contributed by atoms with Crippen LogP contribution in [0.1, 0.15) is 34.6 Å². The summed E-state index contributed by atoms with van der Waals surface area (Å²) in [5.41, 5.74) is 8.59. The number of nitrogen functional groups attached to an aromatic ring is 1. The lowest BCUT2D eigenvalue weighted by atomic mass is 9.99. The number of carbonyl (C=O) groups excluding carboxylic acids is 1. The van der Waals surface area contributed by atoms with Crippen molar-refractivity contribution in [3.63, 3.8) is 0 Å². The van der Waals surface area contributed by atoms with Gasteiger partial charge in [-0.15, -0.1) is 0 Å². The highest BCUT2D eigenvalue weighted by Crippen LogP contribution is 2.30. The van der Waals surface area contributed by atoms with Crippen LogP contribution >= 0.6 is 0 Å². The number of nitrogens with zero attached hydrogens (tertiary/aromatic N) is 3. The number of hydrogen-bond donors (Lipinski definition) is 2. The number of benzene rings is 1. The van der Waals surface area contributed by atoms with Crippen molar-refractivity contribution in [1.82, 2.24) is 19.2 Å². The molecule has 1 fully saturated rings. The monoisotopic (exact) mass is 491 g/mol. The van der Waals surface area contributed by atoms with Gasteiger partial charge in [0.15, 0.2) is 0 Å². The molecule has 0 atom stereocenters. The van der Waals surface area contributed by atoms with Crippen LogP contribution in [0.2, 0.25) is 0 Å². The van der Waals surface area contributed by atoms with Crippen molar-refractivity contribution < 1.29 is 22.0 Å². The van der Waals surface area contributed by atoms with Gasteiger partial charge in [0.25, 0.3) is 5.91 Å². The van der Waals surface area contributed by atoms with E-state index in [4.69, 9.17) is 5.73 Å². The van der Waals surface area contributed by atoms with Crippen LogP contribution in [-0.2, 0) is 23.6 Å². The summed E-state index contributed by atoms with van der Waals surface area (Å²) in [7, 11) is -2.29. The first-order chi connectivity index (χ1) is 16.1. The van der Waals surface area contributed by atoms with Crippen LogP contribution in [0.15, 0.2) is 41.4 Å². The Morgan fingerprint density at radius 3 is 2.65 bits per heavy atom. The third kappa shape index (κ3) is 4.37. The van der Waals surface area contributed by atoms with Crippen LogP contribution in [0.5, 0.6) is 0 Å². The van der Waals surface area contributed by atoms with Gasteiger partial charge in [-0.05, 0) is 43.5 Å². The molecule has 0 saturated carbocycles. The molecule has 3 N–H and O–H groups in total. The number of aromatic nitrogens is 2. The minimum absolute atomic E-state index is 0.0118. The zero-order chi connectivity index (χ0) is 24.6. The van der Waals surface area contributed by atoms with Gasteiger partial charge in [-0.1, -0.05) is 12.1 Å². The smallest absolute Gasteiger partial charge is 0.268 e. The van der Waals surface area contributed by atoms with E-state index in [-0.39, 0.29) is 43.1 Å². The van der Waals surface area contributed by atoms with Gasteiger partial charge in [0.1, 0.15) is 10.6 Å². The average molecular weight is 492 g/mol. The second kappa shape index (κ2) is 9.30. The van der Waals surface area contributed by atoms with Gasteiger partial charge in [0.2, 0.25) is 16.4 Å². The summed E-state index contributed by atoms with van der Waals surface area (Å²) < 4.78 is 55.1. The molecule has 2 aromatic heterocycles. The molecule has 1 aliphatic heterocycles. The number of nitrogens with one attached hydrogen (secondary N) is 1. The standard InChI is InChI=1S/C23H27F2N5O3S/c1-14-20(34(32,33)30-10-7-15(8-11-30)22(24)25)12-19(29(14)2)23(31)28-13-16-5-6-18(26)21-17(16)4-3-9-27-21/h3-6,9,12,15,22H,7-8,10-11,13,26H2,1-2H3,(H,28,31). The molecular formula is C23H27F2N5O3S. The van der Waals surface area contributed by atoms with Crippen LogP contribution in [0.25, 0.3) is 10.9 Å². The summed E-state index contributed by atoms with van der Waals surface area (Å²) in [4.78, 5) is 17.3. The maximum Gasteiger partial charge on any atom is 0.268 e. The largest absolute Gasteiger partial charge is 0.397 e. The summed E-state index contributed by atoms with van der Waals surface area (Å²) >= 11 is 0. The fourth-order valence-corrected chi connectivity index (χ4v) is 6.07.